The zero-order chi connectivity index (χ0) is 37.7. The Kier molecular flexibility index (Phi) is 12.9. The van der Waals surface area contributed by atoms with Gasteiger partial charge in [0.15, 0.2) is 0 Å². The third-order valence-electron chi connectivity index (χ3n) is 8.51. The van der Waals surface area contributed by atoms with E-state index in [0.29, 0.717) is 43.0 Å². The zero-order valence-corrected chi connectivity index (χ0v) is 31.7. The molecule has 0 unspecified atom stereocenters. The monoisotopic (exact) mass is 810 g/mol. The number of hydrogen-bond acceptors (Lipinski definition) is 4. The summed E-state index contributed by atoms with van der Waals surface area (Å²) in [7, 11) is 0. The summed E-state index contributed by atoms with van der Waals surface area (Å²) in [6.07, 6.45) is 3.34. The fourth-order valence-electron chi connectivity index (χ4n) is 5.86. The minimum atomic E-state index is -0.361. The smallest absolute Gasteiger partial charge is 0.250 e. The lowest BCUT2D eigenvalue weighted by Gasteiger charge is -2.28. The van der Waals surface area contributed by atoms with Crippen molar-refractivity contribution in [3.05, 3.63) is 163 Å². The molecule has 4 aromatic rings. The van der Waals surface area contributed by atoms with Crippen LogP contribution in [0.5, 0.6) is 0 Å². The van der Waals surface area contributed by atoms with Crippen molar-refractivity contribution >= 4 is 116 Å². The molecule has 4 amide bonds. The standard InChI is InChI=1S/C20H14Cl3NO2.C16H11Cl3.C4H3NO2/c21-11-3-1-10(2-4-11)14-8-16-17(20(26)24-19(16)25)9-15(14)13-6-5-12(22)7-18(13)23;1-10(12-3-5-13(17)6-4-12)11(2)15-8-7-14(18)9-16(15)19;6-3-1-2-4(7)5-3/h1-7,16-17H,8-9H2,(H,24,25,26);3-9H,1-2H2;1-2H,(H,5,6,7)/t16-,17+;;/m0../s1. The summed E-state index contributed by atoms with van der Waals surface area (Å²) in [6.45, 7) is 8.11. The molecule has 2 heterocycles. The summed E-state index contributed by atoms with van der Waals surface area (Å²) in [5.41, 5.74) is 7.15. The summed E-state index contributed by atoms with van der Waals surface area (Å²) in [6, 6.07) is 25.6. The van der Waals surface area contributed by atoms with Crippen molar-refractivity contribution in [1.82, 2.24) is 10.6 Å². The predicted molar refractivity (Wildman–Crippen MR) is 212 cm³/mol. The zero-order valence-electron chi connectivity index (χ0n) is 27.1. The van der Waals surface area contributed by atoms with E-state index in [-0.39, 0.29) is 35.5 Å². The minimum absolute atomic E-state index is 0.201. The third kappa shape index (κ3) is 9.44. The molecular weight excluding hydrogens is 785 g/mol. The Morgan fingerprint density at radius 1 is 0.538 bits per heavy atom. The molecule has 2 aliphatic heterocycles. The van der Waals surface area contributed by atoms with Crippen molar-refractivity contribution in [2.24, 2.45) is 11.8 Å². The van der Waals surface area contributed by atoms with Crippen LogP contribution in [0.1, 0.15) is 35.1 Å². The van der Waals surface area contributed by atoms with Gasteiger partial charge in [0.05, 0.1) is 11.8 Å². The molecule has 6 nitrogen and oxygen atoms in total. The number of imide groups is 2. The number of amides is 4. The molecule has 1 saturated heterocycles. The third-order valence-corrected chi connectivity index (χ3v) is 10.1. The first-order valence-electron chi connectivity index (χ1n) is 15.6. The number of carbonyl (C=O) groups is 4. The Bertz CT molecular complexity index is 2160. The van der Waals surface area contributed by atoms with Crippen LogP contribution in [-0.2, 0) is 19.2 Å². The largest absolute Gasteiger partial charge is 0.296 e. The van der Waals surface area contributed by atoms with E-state index < -0.39 is 0 Å². The lowest BCUT2D eigenvalue weighted by molar-refractivity contribution is -0.126. The van der Waals surface area contributed by atoms with Crippen LogP contribution in [-0.4, -0.2) is 23.6 Å². The molecular formula is C40H28Cl6N2O4. The fraction of sp³-hybridized carbons (Fsp3) is 0.100. The molecule has 52 heavy (non-hydrogen) atoms. The van der Waals surface area contributed by atoms with Gasteiger partial charge in [-0.1, -0.05) is 119 Å². The molecule has 3 aliphatic rings. The predicted octanol–water partition coefficient (Wildman–Crippen LogP) is 10.8. The van der Waals surface area contributed by atoms with Crippen LogP contribution in [0.2, 0.25) is 30.1 Å². The Morgan fingerprint density at radius 3 is 1.52 bits per heavy atom. The van der Waals surface area contributed by atoms with E-state index in [4.69, 9.17) is 69.6 Å². The summed E-state index contributed by atoms with van der Waals surface area (Å²) < 4.78 is 0. The highest BCUT2D eigenvalue weighted by Gasteiger charge is 2.45. The molecule has 4 aromatic carbocycles. The van der Waals surface area contributed by atoms with Gasteiger partial charge in [0.1, 0.15) is 0 Å². The maximum atomic E-state index is 12.2. The number of nitrogens with one attached hydrogen (secondary N) is 2. The van der Waals surface area contributed by atoms with E-state index in [1.807, 2.05) is 66.0 Å². The molecule has 1 aliphatic carbocycles. The van der Waals surface area contributed by atoms with Gasteiger partial charge in [-0.25, -0.2) is 0 Å². The molecule has 0 saturated carbocycles. The van der Waals surface area contributed by atoms with Gasteiger partial charge in [-0.15, -0.1) is 0 Å². The molecule has 0 radical (unpaired) electrons. The number of halogens is 6. The van der Waals surface area contributed by atoms with E-state index in [9.17, 15) is 19.2 Å². The number of benzene rings is 4. The van der Waals surface area contributed by atoms with E-state index in [2.05, 4.69) is 18.5 Å². The topological polar surface area (TPSA) is 92.3 Å². The molecule has 0 aromatic heterocycles. The van der Waals surface area contributed by atoms with Crippen LogP contribution in [0.15, 0.2) is 110 Å². The lowest BCUT2D eigenvalue weighted by Crippen LogP contribution is -2.23. The van der Waals surface area contributed by atoms with E-state index in [0.717, 1.165) is 44.5 Å². The van der Waals surface area contributed by atoms with Crippen LogP contribution < -0.4 is 10.6 Å². The maximum absolute atomic E-state index is 12.2. The summed E-state index contributed by atoms with van der Waals surface area (Å²) in [4.78, 5) is 44.5. The highest BCUT2D eigenvalue weighted by atomic mass is 35.5. The van der Waals surface area contributed by atoms with Crippen molar-refractivity contribution in [3.8, 4) is 0 Å². The first kappa shape index (κ1) is 39.1. The summed E-state index contributed by atoms with van der Waals surface area (Å²) >= 11 is 36.4. The van der Waals surface area contributed by atoms with Crippen molar-refractivity contribution in [1.29, 1.82) is 0 Å². The fourth-order valence-corrected chi connectivity index (χ4v) is 7.15. The molecule has 264 valence electrons. The van der Waals surface area contributed by atoms with Crippen LogP contribution in [0.4, 0.5) is 0 Å². The highest BCUT2D eigenvalue weighted by Crippen LogP contribution is 2.47. The summed E-state index contributed by atoms with van der Waals surface area (Å²) in [5, 5.41) is 8.05. The second-order valence-electron chi connectivity index (χ2n) is 11.8. The molecule has 12 heteroatoms. The molecule has 2 atom stereocenters. The van der Waals surface area contributed by atoms with Gasteiger partial charge in [0.2, 0.25) is 11.8 Å². The quantitative estimate of drug-likeness (QED) is 0.155. The second-order valence-corrected chi connectivity index (χ2v) is 14.4. The van der Waals surface area contributed by atoms with E-state index in [1.54, 1.807) is 24.3 Å². The average Bonchev–Trinajstić information content (AvgIpc) is 3.63. The van der Waals surface area contributed by atoms with Gasteiger partial charge < -0.3 is 0 Å². The number of allylic oxidation sites excluding steroid dienone is 4. The number of fused-ring (bicyclic) bond motifs is 1. The molecule has 0 spiro atoms. The van der Waals surface area contributed by atoms with Crippen molar-refractivity contribution in [2.45, 2.75) is 12.8 Å². The molecule has 2 N–H and O–H groups in total. The Morgan fingerprint density at radius 2 is 1.02 bits per heavy atom. The van der Waals surface area contributed by atoms with Gasteiger partial charge in [0.25, 0.3) is 11.8 Å². The van der Waals surface area contributed by atoms with Crippen molar-refractivity contribution < 1.29 is 19.2 Å². The van der Waals surface area contributed by atoms with Crippen molar-refractivity contribution in [3.63, 3.8) is 0 Å². The normalized spacial score (nSPS) is 17.3. The number of rotatable bonds is 5. The van der Waals surface area contributed by atoms with E-state index >= 15 is 0 Å². The molecule has 0 bridgehead atoms. The molecule has 1 fully saturated rings. The van der Waals surface area contributed by atoms with Gasteiger partial charge in [-0.05, 0) is 100 Å². The number of carbonyl (C=O) groups excluding carboxylic acids is 4. The van der Waals surface area contributed by atoms with Gasteiger partial charge in [-0.2, -0.15) is 0 Å². The minimum Gasteiger partial charge on any atom is -0.296 e. The van der Waals surface area contributed by atoms with Gasteiger partial charge in [-0.3, -0.25) is 29.8 Å². The van der Waals surface area contributed by atoms with E-state index in [1.165, 1.54) is 12.2 Å². The highest BCUT2D eigenvalue weighted by molar-refractivity contribution is 6.37. The van der Waals surface area contributed by atoms with Crippen LogP contribution in [0.25, 0.3) is 22.3 Å². The van der Waals surface area contributed by atoms with Gasteiger partial charge >= 0.3 is 0 Å². The van der Waals surface area contributed by atoms with Crippen LogP contribution in [0.3, 0.4) is 0 Å². The maximum Gasteiger partial charge on any atom is 0.250 e. The molecule has 7 rings (SSSR count). The first-order chi connectivity index (χ1) is 24.7. The second kappa shape index (κ2) is 17.1. The number of hydrogen-bond donors (Lipinski definition) is 2. The Labute approximate surface area is 330 Å². The summed E-state index contributed by atoms with van der Waals surface area (Å²) in [5.74, 6) is -1.77. The van der Waals surface area contributed by atoms with Crippen molar-refractivity contribution in [2.75, 3.05) is 0 Å². The van der Waals surface area contributed by atoms with Gasteiger partial charge in [0, 0.05) is 47.9 Å². The Hall–Kier alpha value is -4.14. The van der Waals surface area contributed by atoms with Crippen LogP contribution >= 0.6 is 69.6 Å². The average molecular weight is 813 g/mol. The SMILES string of the molecule is C=C(C(=C)c1ccc(Cl)cc1Cl)c1ccc(Cl)cc1.O=C1C=CC(=O)N1.O=C1NC(=O)[C@@H]2CC(c3ccc(Cl)cc3Cl)=C(c3ccc(Cl)cc3)C[C@H]12. The lowest BCUT2D eigenvalue weighted by atomic mass is 9.73. The Balaban J connectivity index is 0.000000175. The first-order valence-corrected chi connectivity index (χ1v) is 17.9. The van der Waals surface area contributed by atoms with Crippen LogP contribution in [0, 0.1) is 11.8 Å².